The fraction of sp³-hybridized carbons (Fsp3) is 0.208. The Morgan fingerprint density at radius 1 is 0.969 bits per heavy atom. The Kier molecular flexibility index (Phi) is 8.61. The molecule has 1 amide bonds. The van der Waals surface area contributed by atoms with Crippen LogP contribution in [0.2, 0.25) is 5.02 Å². The van der Waals surface area contributed by atoms with Crippen LogP contribution in [-0.2, 0) is 14.8 Å². The lowest BCUT2D eigenvalue weighted by Crippen LogP contribution is -2.41. The van der Waals surface area contributed by atoms with E-state index in [9.17, 15) is 13.2 Å². The van der Waals surface area contributed by atoms with E-state index in [1.165, 1.54) is 12.1 Å². The molecule has 168 valence electrons. The van der Waals surface area contributed by atoms with Crippen LogP contribution in [-0.4, -0.2) is 33.2 Å². The van der Waals surface area contributed by atoms with Crippen molar-refractivity contribution in [3.8, 4) is 0 Å². The first-order valence-electron chi connectivity index (χ1n) is 10.2. The molecule has 32 heavy (non-hydrogen) atoms. The van der Waals surface area contributed by atoms with Crippen molar-refractivity contribution in [1.82, 2.24) is 5.32 Å². The van der Waals surface area contributed by atoms with Crippen LogP contribution >= 0.6 is 23.4 Å². The average Bonchev–Trinajstić information content (AvgIpc) is 2.80. The van der Waals surface area contributed by atoms with Crippen LogP contribution in [0.25, 0.3) is 0 Å². The van der Waals surface area contributed by atoms with Gasteiger partial charge in [-0.1, -0.05) is 47.5 Å². The number of aryl methyl sites for hydroxylation is 1. The molecule has 8 heteroatoms. The third kappa shape index (κ3) is 6.76. The maximum absolute atomic E-state index is 13.2. The summed E-state index contributed by atoms with van der Waals surface area (Å²) in [6.07, 6.45) is 0.759. The van der Waals surface area contributed by atoms with Crippen molar-refractivity contribution in [3.63, 3.8) is 0 Å². The number of carbonyl (C=O) groups excluding carboxylic acids is 1. The van der Waals surface area contributed by atoms with Gasteiger partial charge in [-0.3, -0.25) is 9.10 Å². The van der Waals surface area contributed by atoms with Crippen LogP contribution in [0.5, 0.6) is 0 Å². The third-order valence-corrected chi connectivity index (χ3v) is 7.80. The summed E-state index contributed by atoms with van der Waals surface area (Å²) >= 11 is 7.57. The Bertz CT molecular complexity index is 1120. The van der Waals surface area contributed by atoms with E-state index in [2.05, 4.69) is 5.32 Å². The molecular weight excluding hydrogens is 464 g/mol. The molecule has 0 aromatic heterocycles. The van der Waals surface area contributed by atoms with Crippen LogP contribution in [0.3, 0.4) is 0 Å². The number of amides is 1. The highest BCUT2D eigenvalue weighted by Gasteiger charge is 2.26. The number of thioether (sulfide) groups is 1. The molecule has 0 spiro atoms. The zero-order chi connectivity index (χ0) is 23.0. The van der Waals surface area contributed by atoms with Gasteiger partial charge in [0, 0.05) is 16.5 Å². The minimum Gasteiger partial charge on any atom is -0.354 e. The number of hydrogen-bond acceptors (Lipinski definition) is 4. The first-order chi connectivity index (χ1) is 15.4. The summed E-state index contributed by atoms with van der Waals surface area (Å²) in [5.41, 5.74) is 1.46. The summed E-state index contributed by atoms with van der Waals surface area (Å²) < 4.78 is 27.6. The van der Waals surface area contributed by atoms with Gasteiger partial charge in [-0.2, -0.15) is 0 Å². The topological polar surface area (TPSA) is 66.5 Å². The smallest absolute Gasteiger partial charge is 0.264 e. The van der Waals surface area contributed by atoms with Gasteiger partial charge >= 0.3 is 0 Å². The standard InChI is InChI=1S/C24H25ClN2O3S2/c1-19-8-12-21(13-9-19)27(32(29,30)23-6-3-2-4-7-23)18-24(28)26-16-5-17-31-22-14-10-20(25)11-15-22/h2-4,6-15H,5,16-18H2,1H3,(H,26,28). The number of halogens is 1. The molecule has 0 aliphatic carbocycles. The third-order valence-electron chi connectivity index (χ3n) is 4.67. The van der Waals surface area contributed by atoms with E-state index in [0.29, 0.717) is 17.3 Å². The summed E-state index contributed by atoms with van der Waals surface area (Å²) in [7, 11) is -3.88. The molecule has 0 atom stereocenters. The molecule has 5 nitrogen and oxygen atoms in total. The zero-order valence-electron chi connectivity index (χ0n) is 17.7. The van der Waals surface area contributed by atoms with Crippen LogP contribution in [0.4, 0.5) is 5.69 Å². The molecule has 1 N–H and O–H groups in total. The van der Waals surface area contributed by atoms with Crippen molar-refractivity contribution in [2.75, 3.05) is 23.1 Å². The zero-order valence-corrected chi connectivity index (χ0v) is 20.1. The van der Waals surface area contributed by atoms with Gasteiger partial charge in [0.05, 0.1) is 10.6 Å². The van der Waals surface area contributed by atoms with Crippen molar-refractivity contribution < 1.29 is 13.2 Å². The van der Waals surface area contributed by atoms with Gasteiger partial charge in [0.15, 0.2) is 0 Å². The van der Waals surface area contributed by atoms with Crippen LogP contribution in [0, 0.1) is 6.92 Å². The fourth-order valence-corrected chi connectivity index (χ4v) is 5.37. The van der Waals surface area contributed by atoms with Gasteiger partial charge in [-0.05, 0) is 67.6 Å². The van der Waals surface area contributed by atoms with Crippen LogP contribution in [0.1, 0.15) is 12.0 Å². The number of sulfonamides is 1. The Morgan fingerprint density at radius 3 is 2.28 bits per heavy atom. The first kappa shape index (κ1) is 24.2. The second-order valence-electron chi connectivity index (χ2n) is 7.17. The largest absolute Gasteiger partial charge is 0.354 e. The minimum absolute atomic E-state index is 0.146. The molecule has 0 aliphatic heterocycles. The molecule has 3 aromatic rings. The lowest BCUT2D eigenvalue weighted by Gasteiger charge is -2.24. The first-order valence-corrected chi connectivity index (χ1v) is 13.0. The molecular formula is C24H25ClN2O3S2. The lowest BCUT2D eigenvalue weighted by molar-refractivity contribution is -0.119. The van der Waals surface area contributed by atoms with Gasteiger partial charge in [0.25, 0.3) is 10.0 Å². The van der Waals surface area contributed by atoms with Gasteiger partial charge in [-0.15, -0.1) is 11.8 Å². The molecule has 0 saturated carbocycles. The summed E-state index contributed by atoms with van der Waals surface area (Å²) in [5, 5.41) is 3.53. The highest BCUT2D eigenvalue weighted by atomic mass is 35.5. The lowest BCUT2D eigenvalue weighted by atomic mass is 10.2. The van der Waals surface area contributed by atoms with Gasteiger partial charge in [0.1, 0.15) is 6.54 Å². The Labute approximate surface area is 198 Å². The van der Waals surface area contributed by atoms with E-state index in [1.807, 2.05) is 43.3 Å². The maximum Gasteiger partial charge on any atom is 0.264 e. The minimum atomic E-state index is -3.88. The van der Waals surface area contributed by atoms with Crippen molar-refractivity contribution in [3.05, 3.63) is 89.4 Å². The molecule has 0 bridgehead atoms. The summed E-state index contributed by atoms with van der Waals surface area (Å²) in [6.45, 7) is 2.10. The van der Waals surface area contributed by atoms with Gasteiger partial charge in [0.2, 0.25) is 5.91 Å². The normalized spacial score (nSPS) is 11.2. The monoisotopic (exact) mass is 488 g/mol. The molecule has 0 saturated heterocycles. The Balaban J connectivity index is 1.61. The number of hydrogen-bond donors (Lipinski definition) is 1. The number of nitrogens with zero attached hydrogens (tertiary/aromatic N) is 1. The van der Waals surface area contributed by atoms with Crippen molar-refractivity contribution in [2.45, 2.75) is 23.1 Å². The molecule has 3 rings (SSSR count). The number of rotatable bonds is 10. The molecule has 0 radical (unpaired) electrons. The molecule has 3 aromatic carbocycles. The molecule has 0 aliphatic rings. The second kappa shape index (κ2) is 11.4. The summed E-state index contributed by atoms with van der Waals surface area (Å²) in [5.74, 6) is 0.480. The molecule has 0 heterocycles. The number of nitrogens with one attached hydrogen (secondary N) is 1. The average molecular weight is 489 g/mol. The van der Waals surface area contributed by atoms with Crippen molar-refractivity contribution in [1.29, 1.82) is 0 Å². The molecule has 0 fully saturated rings. The van der Waals surface area contributed by atoms with Gasteiger partial charge < -0.3 is 5.32 Å². The Morgan fingerprint density at radius 2 is 1.62 bits per heavy atom. The summed E-state index contributed by atoms with van der Waals surface area (Å²) in [4.78, 5) is 13.9. The fourth-order valence-electron chi connectivity index (χ4n) is 2.95. The van der Waals surface area contributed by atoms with Crippen molar-refractivity contribution >= 4 is 45.0 Å². The van der Waals surface area contributed by atoms with E-state index in [0.717, 1.165) is 26.9 Å². The second-order valence-corrected chi connectivity index (χ2v) is 10.6. The number of anilines is 1. The van der Waals surface area contributed by atoms with Crippen molar-refractivity contribution in [2.24, 2.45) is 0 Å². The van der Waals surface area contributed by atoms with E-state index in [-0.39, 0.29) is 17.3 Å². The van der Waals surface area contributed by atoms with Crippen LogP contribution in [0.15, 0.2) is 88.7 Å². The van der Waals surface area contributed by atoms with E-state index in [1.54, 1.807) is 42.1 Å². The van der Waals surface area contributed by atoms with E-state index in [4.69, 9.17) is 11.6 Å². The Hall–Kier alpha value is -2.48. The predicted molar refractivity (Wildman–Crippen MR) is 132 cm³/mol. The van der Waals surface area contributed by atoms with E-state index < -0.39 is 10.0 Å². The number of benzene rings is 3. The highest BCUT2D eigenvalue weighted by molar-refractivity contribution is 7.99. The van der Waals surface area contributed by atoms with Gasteiger partial charge in [-0.25, -0.2) is 8.42 Å². The van der Waals surface area contributed by atoms with Crippen LogP contribution < -0.4 is 9.62 Å². The number of carbonyl (C=O) groups is 1. The predicted octanol–water partition coefficient (Wildman–Crippen LogP) is 5.14. The maximum atomic E-state index is 13.2. The SMILES string of the molecule is Cc1ccc(N(CC(=O)NCCCSc2ccc(Cl)cc2)S(=O)(=O)c2ccccc2)cc1. The van der Waals surface area contributed by atoms with E-state index >= 15 is 0 Å². The quantitative estimate of drug-likeness (QED) is 0.317. The summed E-state index contributed by atoms with van der Waals surface area (Å²) in [6, 6.07) is 22.8. The highest BCUT2D eigenvalue weighted by Crippen LogP contribution is 2.24. The molecule has 0 unspecified atom stereocenters.